The lowest BCUT2D eigenvalue weighted by atomic mass is 10.0. The standard InChI is InChI=1S/C14H29N3O2S/c1-13-6-10-17(11-7-13)20(18,19)15-8-12-16-9-4-3-5-14(16)2/h13-15H,3-12H2,1-2H3/t14-/m0/s1. The fraction of sp³-hybridized carbons (Fsp3) is 1.00. The van der Waals surface area contributed by atoms with Gasteiger partial charge in [0, 0.05) is 32.2 Å². The summed E-state index contributed by atoms with van der Waals surface area (Å²) in [6, 6.07) is 0.587. The molecule has 2 aliphatic rings. The summed E-state index contributed by atoms with van der Waals surface area (Å²) < 4.78 is 28.8. The van der Waals surface area contributed by atoms with Crippen LogP contribution in [0.15, 0.2) is 0 Å². The van der Waals surface area contributed by atoms with Crippen LogP contribution in [0.2, 0.25) is 0 Å². The molecule has 2 rings (SSSR count). The molecule has 2 heterocycles. The molecule has 6 heteroatoms. The van der Waals surface area contributed by atoms with Crippen LogP contribution in [0.4, 0.5) is 0 Å². The van der Waals surface area contributed by atoms with Crippen LogP contribution >= 0.6 is 0 Å². The van der Waals surface area contributed by atoms with Gasteiger partial charge in [0.15, 0.2) is 0 Å². The zero-order valence-electron chi connectivity index (χ0n) is 12.8. The summed E-state index contributed by atoms with van der Waals surface area (Å²) in [7, 11) is -3.27. The molecular weight excluding hydrogens is 274 g/mol. The highest BCUT2D eigenvalue weighted by atomic mass is 32.2. The second-order valence-electron chi connectivity index (χ2n) is 6.36. The molecule has 2 fully saturated rings. The van der Waals surface area contributed by atoms with Gasteiger partial charge in [-0.05, 0) is 45.1 Å². The lowest BCUT2D eigenvalue weighted by Crippen LogP contribution is -2.48. The van der Waals surface area contributed by atoms with Crippen LogP contribution in [0, 0.1) is 5.92 Å². The Labute approximate surface area is 123 Å². The first-order valence-electron chi connectivity index (χ1n) is 7.98. The van der Waals surface area contributed by atoms with Crippen LogP contribution in [0.3, 0.4) is 0 Å². The molecule has 0 aromatic heterocycles. The van der Waals surface area contributed by atoms with E-state index < -0.39 is 10.2 Å². The molecule has 2 saturated heterocycles. The Morgan fingerprint density at radius 3 is 2.40 bits per heavy atom. The van der Waals surface area contributed by atoms with E-state index >= 15 is 0 Å². The third kappa shape index (κ3) is 4.41. The number of hydrogen-bond donors (Lipinski definition) is 1. The molecular formula is C14H29N3O2S. The largest absolute Gasteiger partial charge is 0.299 e. The van der Waals surface area contributed by atoms with Crippen molar-refractivity contribution in [1.82, 2.24) is 13.9 Å². The third-order valence-corrected chi connectivity index (χ3v) is 6.32. The van der Waals surface area contributed by atoms with Gasteiger partial charge in [0.1, 0.15) is 0 Å². The molecule has 5 nitrogen and oxygen atoms in total. The van der Waals surface area contributed by atoms with Gasteiger partial charge in [-0.15, -0.1) is 0 Å². The fourth-order valence-corrected chi connectivity index (χ4v) is 4.35. The molecule has 0 bridgehead atoms. The van der Waals surface area contributed by atoms with Gasteiger partial charge < -0.3 is 0 Å². The first-order chi connectivity index (χ1) is 9.49. The Hall–Kier alpha value is -0.170. The number of nitrogens with zero attached hydrogens (tertiary/aromatic N) is 2. The van der Waals surface area contributed by atoms with E-state index in [0.29, 0.717) is 31.6 Å². The van der Waals surface area contributed by atoms with Crippen molar-refractivity contribution in [2.24, 2.45) is 5.92 Å². The SMILES string of the molecule is CC1CCN(S(=O)(=O)NCCN2CCCC[C@@H]2C)CC1. The van der Waals surface area contributed by atoms with E-state index in [1.165, 1.54) is 19.3 Å². The van der Waals surface area contributed by atoms with Crippen LogP contribution < -0.4 is 4.72 Å². The van der Waals surface area contributed by atoms with Crippen molar-refractivity contribution in [3.05, 3.63) is 0 Å². The van der Waals surface area contributed by atoms with Crippen molar-refractivity contribution in [3.63, 3.8) is 0 Å². The molecule has 0 amide bonds. The molecule has 0 spiro atoms. The van der Waals surface area contributed by atoms with E-state index in [9.17, 15) is 8.42 Å². The van der Waals surface area contributed by atoms with Gasteiger partial charge in [-0.25, -0.2) is 4.72 Å². The molecule has 1 atom stereocenters. The first kappa shape index (κ1) is 16.2. The van der Waals surface area contributed by atoms with Crippen LogP contribution in [0.1, 0.15) is 46.0 Å². The summed E-state index contributed by atoms with van der Waals surface area (Å²) in [5, 5.41) is 0. The highest BCUT2D eigenvalue weighted by molar-refractivity contribution is 7.87. The maximum absolute atomic E-state index is 12.2. The quantitative estimate of drug-likeness (QED) is 0.836. The number of likely N-dealkylation sites (tertiary alicyclic amines) is 1. The van der Waals surface area contributed by atoms with Gasteiger partial charge in [0.25, 0.3) is 10.2 Å². The maximum Gasteiger partial charge on any atom is 0.279 e. The zero-order chi connectivity index (χ0) is 14.6. The summed E-state index contributed by atoms with van der Waals surface area (Å²) in [6.07, 6.45) is 5.72. The first-order valence-corrected chi connectivity index (χ1v) is 9.42. The van der Waals surface area contributed by atoms with Gasteiger partial charge >= 0.3 is 0 Å². The number of piperidine rings is 2. The second kappa shape index (κ2) is 7.20. The molecule has 1 N–H and O–H groups in total. The van der Waals surface area contributed by atoms with Crippen molar-refractivity contribution in [3.8, 4) is 0 Å². The van der Waals surface area contributed by atoms with Crippen molar-refractivity contribution in [1.29, 1.82) is 0 Å². The minimum absolute atomic E-state index is 0.527. The second-order valence-corrected chi connectivity index (χ2v) is 8.12. The van der Waals surface area contributed by atoms with Crippen molar-refractivity contribution < 1.29 is 8.42 Å². The van der Waals surface area contributed by atoms with E-state index in [1.807, 2.05) is 0 Å². The van der Waals surface area contributed by atoms with Crippen molar-refractivity contribution in [2.45, 2.75) is 52.0 Å². The predicted molar refractivity (Wildman–Crippen MR) is 81.8 cm³/mol. The normalized spacial score (nSPS) is 27.8. The summed E-state index contributed by atoms with van der Waals surface area (Å²) >= 11 is 0. The fourth-order valence-electron chi connectivity index (χ4n) is 3.12. The van der Waals surface area contributed by atoms with Gasteiger partial charge in [0.05, 0.1) is 0 Å². The highest BCUT2D eigenvalue weighted by Gasteiger charge is 2.26. The van der Waals surface area contributed by atoms with Crippen LogP contribution in [0.5, 0.6) is 0 Å². The number of rotatable bonds is 5. The van der Waals surface area contributed by atoms with Gasteiger partial charge in [0.2, 0.25) is 0 Å². The lowest BCUT2D eigenvalue weighted by Gasteiger charge is -2.34. The van der Waals surface area contributed by atoms with E-state index in [1.54, 1.807) is 4.31 Å². The van der Waals surface area contributed by atoms with Crippen LogP contribution in [-0.2, 0) is 10.2 Å². The lowest BCUT2D eigenvalue weighted by molar-refractivity contribution is 0.163. The highest BCUT2D eigenvalue weighted by Crippen LogP contribution is 2.18. The topological polar surface area (TPSA) is 52.7 Å². The Kier molecular flexibility index (Phi) is 5.84. The summed E-state index contributed by atoms with van der Waals surface area (Å²) in [5.41, 5.74) is 0. The van der Waals surface area contributed by atoms with Gasteiger partial charge in [-0.3, -0.25) is 4.90 Å². The molecule has 0 saturated carbocycles. The van der Waals surface area contributed by atoms with Crippen LogP contribution in [0.25, 0.3) is 0 Å². The summed E-state index contributed by atoms with van der Waals surface area (Å²) in [6.45, 7) is 8.20. The van der Waals surface area contributed by atoms with E-state index in [4.69, 9.17) is 0 Å². The minimum atomic E-state index is -3.27. The average Bonchev–Trinajstić information content (AvgIpc) is 2.41. The molecule has 0 aliphatic carbocycles. The predicted octanol–water partition coefficient (Wildman–Crippen LogP) is 1.43. The molecule has 0 aromatic carbocycles. The Morgan fingerprint density at radius 1 is 1.05 bits per heavy atom. The average molecular weight is 303 g/mol. The monoisotopic (exact) mass is 303 g/mol. The molecule has 0 unspecified atom stereocenters. The van der Waals surface area contributed by atoms with Crippen molar-refractivity contribution in [2.75, 3.05) is 32.7 Å². The van der Waals surface area contributed by atoms with Crippen molar-refractivity contribution >= 4 is 10.2 Å². The molecule has 118 valence electrons. The van der Waals surface area contributed by atoms with Crippen LogP contribution in [-0.4, -0.2) is 56.4 Å². The van der Waals surface area contributed by atoms with E-state index in [0.717, 1.165) is 25.9 Å². The smallest absolute Gasteiger partial charge is 0.279 e. The Morgan fingerprint density at radius 2 is 1.75 bits per heavy atom. The minimum Gasteiger partial charge on any atom is -0.299 e. The third-order valence-electron chi connectivity index (χ3n) is 4.71. The maximum atomic E-state index is 12.2. The molecule has 0 radical (unpaired) electrons. The summed E-state index contributed by atoms with van der Waals surface area (Å²) in [4.78, 5) is 2.39. The number of nitrogens with one attached hydrogen (secondary N) is 1. The van der Waals surface area contributed by atoms with E-state index in [2.05, 4.69) is 23.5 Å². The van der Waals surface area contributed by atoms with Gasteiger partial charge in [-0.1, -0.05) is 13.3 Å². The van der Waals surface area contributed by atoms with E-state index in [-0.39, 0.29) is 0 Å². The molecule has 0 aromatic rings. The molecule has 2 aliphatic heterocycles. The number of hydrogen-bond acceptors (Lipinski definition) is 3. The van der Waals surface area contributed by atoms with Gasteiger partial charge in [-0.2, -0.15) is 12.7 Å². The Balaban J connectivity index is 1.74. The summed E-state index contributed by atoms with van der Waals surface area (Å²) in [5.74, 6) is 0.649. The zero-order valence-corrected chi connectivity index (χ0v) is 13.7. The molecule has 20 heavy (non-hydrogen) atoms. The Bertz CT molecular complexity index is 391.